The van der Waals surface area contributed by atoms with E-state index in [0.717, 1.165) is 34.1 Å². The summed E-state index contributed by atoms with van der Waals surface area (Å²) in [6.45, 7) is 2.90. The molecule has 0 saturated heterocycles. The summed E-state index contributed by atoms with van der Waals surface area (Å²) in [4.78, 5) is 10.4. The lowest BCUT2D eigenvalue weighted by molar-refractivity contribution is -0.108. The Kier molecular flexibility index (Phi) is 6.45. The summed E-state index contributed by atoms with van der Waals surface area (Å²) in [7, 11) is 3.26. The number of hydrogen-bond acceptors (Lipinski definition) is 5. The molecule has 0 atom stereocenters. The number of furan rings is 1. The van der Waals surface area contributed by atoms with Crippen LogP contribution in [0.1, 0.15) is 24.0 Å². The molecule has 1 aromatic carbocycles. The van der Waals surface area contributed by atoms with E-state index < -0.39 is 0 Å². The Morgan fingerprint density at radius 2 is 2.00 bits per heavy atom. The van der Waals surface area contributed by atoms with Crippen LogP contribution in [0.3, 0.4) is 0 Å². The van der Waals surface area contributed by atoms with Gasteiger partial charge in [0.15, 0.2) is 0 Å². The Balaban J connectivity index is 2.13. The van der Waals surface area contributed by atoms with Gasteiger partial charge in [-0.2, -0.15) is 0 Å². The fraction of sp³-hybridized carbons (Fsp3) is 0.278. The normalized spacial score (nSPS) is 11.2. The zero-order valence-electron chi connectivity index (χ0n) is 14.1. The average Bonchev–Trinajstić information content (AvgIpc) is 3.05. The Labute approximate surface area is 141 Å². The standard InChI is InChI=1S/C18H22N2O4/c1-13(9-19-12-21)14-4-7-18(23-3)17(8-14)20-10-15-5-6-16(24-15)11-22-2/h4-9,12,20H,10-11H2,1-3H3,(H,19,21)/b13-9+. The molecule has 0 aliphatic heterocycles. The van der Waals surface area contributed by atoms with Crippen LogP contribution in [0, 0.1) is 0 Å². The molecule has 0 aliphatic rings. The van der Waals surface area contributed by atoms with E-state index in [9.17, 15) is 4.79 Å². The SMILES string of the molecule is COCc1ccc(CNc2cc(/C(C)=C/NC=O)ccc2OC)o1. The predicted octanol–water partition coefficient (Wildman–Crippen LogP) is 3.15. The molecule has 0 radical (unpaired) electrons. The molecular weight excluding hydrogens is 308 g/mol. The number of amides is 1. The highest BCUT2D eigenvalue weighted by molar-refractivity contribution is 5.71. The third kappa shape index (κ3) is 4.63. The van der Waals surface area contributed by atoms with E-state index in [4.69, 9.17) is 13.9 Å². The highest BCUT2D eigenvalue weighted by Crippen LogP contribution is 2.29. The first kappa shape index (κ1) is 17.6. The van der Waals surface area contributed by atoms with Gasteiger partial charge in [-0.05, 0) is 42.3 Å². The summed E-state index contributed by atoms with van der Waals surface area (Å²) in [6, 6.07) is 9.60. The van der Waals surface area contributed by atoms with Crippen molar-refractivity contribution >= 4 is 17.7 Å². The molecule has 128 valence electrons. The Morgan fingerprint density at radius 3 is 2.71 bits per heavy atom. The van der Waals surface area contributed by atoms with Gasteiger partial charge in [0.05, 0.1) is 19.3 Å². The quantitative estimate of drug-likeness (QED) is 0.691. The van der Waals surface area contributed by atoms with Crippen LogP contribution >= 0.6 is 0 Å². The summed E-state index contributed by atoms with van der Waals surface area (Å²) < 4.78 is 16.1. The number of allylic oxidation sites excluding steroid dienone is 1. The van der Waals surface area contributed by atoms with E-state index in [1.807, 2.05) is 37.3 Å². The smallest absolute Gasteiger partial charge is 0.211 e. The highest BCUT2D eigenvalue weighted by Gasteiger charge is 2.07. The van der Waals surface area contributed by atoms with Crippen molar-refractivity contribution in [3.8, 4) is 5.75 Å². The molecule has 6 heteroatoms. The van der Waals surface area contributed by atoms with Gasteiger partial charge in [-0.15, -0.1) is 0 Å². The molecule has 2 rings (SSSR count). The van der Waals surface area contributed by atoms with E-state index in [2.05, 4.69) is 10.6 Å². The van der Waals surface area contributed by atoms with Crippen LogP contribution < -0.4 is 15.4 Å². The molecule has 0 spiro atoms. The number of ether oxygens (including phenoxy) is 2. The van der Waals surface area contributed by atoms with Crippen LogP contribution in [0.2, 0.25) is 0 Å². The molecular formula is C18H22N2O4. The summed E-state index contributed by atoms with van der Waals surface area (Å²) >= 11 is 0. The van der Waals surface area contributed by atoms with Crippen molar-refractivity contribution in [1.82, 2.24) is 5.32 Å². The van der Waals surface area contributed by atoms with Crippen molar-refractivity contribution in [2.45, 2.75) is 20.1 Å². The molecule has 1 amide bonds. The minimum Gasteiger partial charge on any atom is -0.495 e. The minimum absolute atomic E-state index is 0.451. The van der Waals surface area contributed by atoms with Crippen LogP contribution in [0.15, 0.2) is 40.9 Å². The molecule has 0 aliphatic carbocycles. The average molecular weight is 330 g/mol. The topological polar surface area (TPSA) is 72.7 Å². The third-order valence-electron chi connectivity index (χ3n) is 3.48. The molecule has 0 fully saturated rings. The first-order valence-electron chi connectivity index (χ1n) is 7.53. The second-order valence-electron chi connectivity index (χ2n) is 5.18. The minimum atomic E-state index is 0.451. The summed E-state index contributed by atoms with van der Waals surface area (Å²) in [5.74, 6) is 2.33. The molecule has 1 aromatic heterocycles. The first-order valence-corrected chi connectivity index (χ1v) is 7.53. The van der Waals surface area contributed by atoms with Gasteiger partial charge in [-0.25, -0.2) is 0 Å². The van der Waals surface area contributed by atoms with E-state index in [-0.39, 0.29) is 0 Å². The number of anilines is 1. The largest absolute Gasteiger partial charge is 0.495 e. The summed E-state index contributed by atoms with van der Waals surface area (Å²) in [5.41, 5.74) is 2.76. The maximum absolute atomic E-state index is 10.4. The molecule has 0 saturated carbocycles. The van der Waals surface area contributed by atoms with Gasteiger partial charge in [0.25, 0.3) is 0 Å². The lowest BCUT2D eigenvalue weighted by Gasteiger charge is -2.12. The lowest BCUT2D eigenvalue weighted by Crippen LogP contribution is -2.03. The van der Waals surface area contributed by atoms with Crippen molar-refractivity contribution in [1.29, 1.82) is 0 Å². The number of nitrogens with one attached hydrogen (secondary N) is 2. The van der Waals surface area contributed by atoms with Crippen LogP contribution in [0.4, 0.5) is 5.69 Å². The van der Waals surface area contributed by atoms with Gasteiger partial charge in [0, 0.05) is 13.3 Å². The van der Waals surface area contributed by atoms with Crippen molar-refractivity contribution < 1.29 is 18.7 Å². The molecule has 0 bridgehead atoms. The van der Waals surface area contributed by atoms with Crippen LogP contribution in [0.5, 0.6) is 5.75 Å². The second kappa shape index (κ2) is 8.79. The van der Waals surface area contributed by atoms with Gasteiger partial charge in [0.2, 0.25) is 6.41 Å². The Hall–Kier alpha value is -2.73. The van der Waals surface area contributed by atoms with Crippen molar-refractivity contribution in [3.05, 3.63) is 53.6 Å². The van der Waals surface area contributed by atoms with Gasteiger partial charge in [-0.1, -0.05) is 6.07 Å². The molecule has 24 heavy (non-hydrogen) atoms. The molecule has 1 heterocycles. The Morgan fingerprint density at radius 1 is 1.21 bits per heavy atom. The predicted molar refractivity (Wildman–Crippen MR) is 92.6 cm³/mol. The first-order chi connectivity index (χ1) is 11.7. The van der Waals surface area contributed by atoms with Crippen molar-refractivity contribution in [2.75, 3.05) is 19.5 Å². The fourth-order valence-corrected chi connectivity index (χ4v) is 2.25. The fourth-order valence-electron chi connectivity index (χ4n) is 2.25. The monoisotopic (exact) mass is 330 g/mol. The van der Waals surface area contributed by atoms with Crippen LogP contribution in [0.25, 0.3) is 5.57 Å². The Bertz CT molecular complexity index is 707. The van der Waals surface area contributed by atoms with Gasteiger partial charge >= 0.3 is 0 Å². The number of rotatable bonds is 9. The number of hydrogen-bond donors (Lipinski definition) is 2. The molecule has 2 aromatic rings. The van der Waals surface area contributed by atoms with Crippen LogP contribution in [-0.4, -0.2) is 20.6 Å². The summed E-state index contributed by atoms with van der Waals surface area (Å²) in [6.07, 6.45) is 2.29. The number of benzene rings is 1. The van der Waals surface area contributed by atoms with Crippen molar-refractivity contribution in [2.24, 2.45) is 0 Å². The molecule has 6 nitrogen and oxygen atoms in total. The maximum Gasteiger partial charge on any atom is 0.211 e. The number of carbonyl (C=O) groups is 1. The van der Waals surface area contributed by atoms with E-state index >= 15 is 0 Å². The zero-order chi connectivity index (χ0) is 17.4. The van der Waals surface area contributed by atoms with E-state index in [1.165, 1.54) is 0 Å². The second-order valence-corrected chi connectivity index (χ2v) is 5.18. The maximum atomic E-state index is 10.4. The summed E-state index contributed by atoms with van der Waals surface area (Å²) in [5, 5.41) is 5.86. The highest BCUT2D eigenvalue weighted by atomic mass is 16.5. The lowest BCUT2D eigenvalue weighted by atomic mass is 10.1. The zero-order valence-corrected chi connectivity index (χ0v) is 14.1. The van der Waals surface area contributed by atoms with Gasteiger partial charge in [0.1, 0.15) is 23.9 Å². The van der Waals surface area contributed by atoms with Crippen molar-refractivity contribution in [3.63, 3.8) is 0 Å². The third-order valence-corrected chi connectivity index (χ3v) is 3.48. The van der Waals surface area contributed by atoms with Gasteiger partial charge in [-0.3, -0.25) is 4.79 Å². The van der Waals surface area contributed by atoms with Gasteiger partial charge < -0.3 is 24.5 Å². The molecule has 0 unspecified atom stereocenters. The van der Waals surface area contributed by atoms with Crippen LogP contribution in [-0.2, 0) is 22.7 Å². The number of carbonyl (C=O) groups excluding carboxylic acids is 1. The van der Waals surface area contributed by atoms with E-state index in [1.54, 1.807) is 20.4 Å². The van der Waals surface area contributed by atoms with E-state index in [0.29, 0.717) is 19.6 Å². The number of methoxy groups -OCH3 is 2. The molecule has 2 N–H and O–H groups in total.